The Hall–Kier alpha value is -0.530. The number of hydrogen-bond acceptors (Lipinski definition) is 1. The Morgan fingerprint density at radius 2 is 1.71 bits per heavy atom. The molecule has 0 radical (unpaired) electrons. The molecule has 4 aliphatic carbocycles. The molecule has 0 amide bonds. The van der Waals surface area contributed by atoms with Crippen LogP contribution in [0.25, 0.3) is 0 Å². The highest BCUT2D eigenvalue weighted by atomic mass is 35.5. The van der Waals surface area contributed by atoms with Crippen LogP contribution < -0.4 is 5.32 Å². The van der Waals surface area contributed by atoms with Gasteiger partial charge in [0.25, 0.3) is 0 Å². The van der Waals surface area contributed by atoms with Gasteiger partial charge in [0, 0.05) is 17.1 Å². The first-order chi connectivity index (χ1) is 9.90. The van der Waals surface area contributed by atoms with Crippen LogP contribution in [0.3, 0.4) is 0 Å². The molecule has 2 heteroatoms. The van der Waals surface area contributed by atoms with Crippen LogP contribution in [0.5, 0.6) is 0 Å². The van der Waals surface area contributed by atoms with E-state index in [0.29, 0.717) is 16.4 Å². The van der Waals surface area contributed by atoms with E-state index in [1.54, 1.807) is 0 Å². The van der Waals surface area contributed by atoms with Crippen molar-refractivity contribution in [2.75, 3.05) is 0 Å². The molecule has 4 fully saturated rings. The molecule has 4 aliphatic rings. The summed E-state index contributed by atoms with van der Waals surface area (Å²) in [6.07, 6.45) is 8.44. The van der Waals surface area contributed by atoms with Crippen LogP contribution in [-0.2, 0) is 6.54 Å². The highest BCUT2D eigenvalue weighted by Crippen LogP contribution is 2.66. The summed E-state index contributed by atoms with van der Waals surface area (Å²) in [7, 11) is 0. The van der Waals surface area contributed by atoms with Gasteiger partial charge in [-0.25, -0.2) is 0 Å². The molecule has 1 N–H and O–H groups in total. The molecule has 4 atom stereocenters. The van der Waals surface area contributed by atoms with E-state index >= 15 is 0 Å². The molecule has 4 bridgehead atoms. The average Bonchev–Trinajstić information content (AvgIpc) is 2.33. The fourth-order valence-electron chi connectivity index (χ4n) is 6.57. The van der Waals surface area contributed by atoms with E-state index in [-0.39, 0.29) is 0 Å². The summed E-state index contributed by atoms with van der Waals surface area (Å²) < 4.78 is 0. The van der Waals surface area contributed by atoms with Crippen molar-refractivity contribution in [1.82, 2.24) is 5.32 Å². The van der Waals surface area contributed by atoms with Gasteiger partial charge in [-0.05, 0) is 66.9 Å². The number of hydrogen-bond donors (Lipinski definition) is 1. The maximum Gasteiger partial charge on any atom is 0.0450 e. The molecule has 0 spiro atoms. The number of halogens is 1. The van der Waals surface area contributed by atoms with Crippen LogP contribution >= 0.6 is 11.6 Å². The van der Waals surface area contributed by atoms with E-state index in [4.69, 9.17) is 11.6 Å². The van der Waals surface area contributed by atoms with Crippen molar-refractivity contribution in [3.8, 4) is 0 Å². The van der Waals surface area contributed by atoms with E-state index in [2.05, 4.69) is 31.3 Å². The van der Waals surface area contributed by atoms with Gasteiger partial charge in [0.1, 0.15) is 0 Å². The van der Waals surface area contributed by atoms with Crippen LogP contribution in [0.1, 0.15) is 57.9 Å². The molecular weight excluding hydrogens is 278 g/mol. The normalized spacial score (nSPS) is 44.2. The molecule has 0 aliphatic heterocycles. The van der Waals surface area contributed by atoms with Crippen molar-refractivity contribution < 1.29 is 0 Å². The summed E-state index contributed by atoms with van der Waals surface area (Å²) in [6.45, 7) is 5.97. The first kappa shape index (κ1) is 14.1. The number of rotatable bonds is 3. The third kappa shape index (κ3) is 2.43. The van der Waals surface area contributed by atoms with Crippen LogP contribution in [0.4, 0.5) is 0 Å². The number of benzene rings is 1. The summed E-state index contributed by atoms with van der Waals surface area (Å²) in [5.74, 6) is 0.940. The Kier molecular flexibility index (Phi) is 3.01. The predicted octanol–water partition coefficient (Wildman–Crippen LogP) is 5.18. The summed E-state index contributed by atoms with van der Waals surface area (Å²) >= 11 is 6.33. The lowest BCUT2D eigenvalue weighted by molar-refractivity contribution is -0.118. The molecule has 4 saturated carbocycles. The van der Waals surface area contributed by atoms with Gasteiger partial charge >= 0.3 is 0 Å². The third-order valence-electron chi connectivity index (χ3n) is 6.24. The molecule has 0 aromatic heterocycles. The largest absolute Gasteiger partial charge is 0.307 e. The van der Waals surface area contributed by atoms with Crippen molar-refractivity contribution in [1.29, 1.82) is 0 Å². The monoisotopic (exact) mass is 303 g/mol. The van der Waals surface area contributed by atoms with Crippen molar-refractivity contribution in [2.45, 2.75) is 64.5 Å². The van der Waals surface area contributed by atoms with Gasteiger partial charge in [0.05, 0.1) is 0 Å². The lowest BCUT2D eigenvalue weighted by Crippen LogP contribution is -2.63. The Labute approximate surface area is 133 Å². The zero-order chi connectivity index (χ0) is 14.7. The standard InChI is InChI=1S/C19H26ClN/c1-17-7-14-8-18(2,11-17)13-19(9-14,12-17)21-10-15-5-3-4-6-16(15)20/h3-6,14,21H,7-13H2,1-2H3/t14?,17-,18+,19?. The SMILES string of the molecule is C[C@]12CC3CC(NCc4ccccc4Cl)(C1)C[C@@](C)(C3)C2. The summed E-state index contributed by atoms with van der Waals surface area (Å²) in [5, 5.41) is 4.85. The highest BCUT2D eigenvalue weighted by molar-refractivity contribution is 6.31. The van der Waals surface area contributed by atoms with E-state index < -0.39 is 0 Å². The van der Waals surface area contributed by atoms with Gasteiger partial charge in [-0.1, -0.05) is 43.6 Å². The molecule has 2 unspecified atom stereocenters. The Balaban J connectivity index is 1.56. The van der Waals surface area contributed by atoms with Crippen molar-refractivity contribution >= 4 is 11.6 Å². The van der Waals surface area contributed by atoms with E-state index in [1.807, 2.05) is 12.1 Å². The quantitative estimate of drug-likeness (QED) is 0.811. The first-order valence-corrected chi connectivity index (χ1v) is 8.76. The Bertz CT molecular complexity index is 548. The molecule has 114 valence electrons. The van der Waals surface area contributed by atoms with Crippen molar-refractivity contribution in [3.05, 3.63) is 34.9 Å². The second-order valence-corrected chi connectivity index (χ2v) is 9.26. The molecule has 1 nitrogen and oxygen atoms in total. The lowest BCUT2D eigenvalue weighted by atomic mass is 9.43. The molecule has 1 aromatic carbocycles. The smallest absolute Gasteiger partial charge is 0.0450 e. The van der Waals surface area contributed by atoms with Crippen molar-refractivity contribution in [2.24, 2.45) is 16.7 Å². The predicted molar refractivity (Wildman–Crippen MR) is 88.4 cm³/mol. The van der Waals surface area contributed by atoms with Gasteiger partial charge in [-0.3, -0.25) is 0 Å². The molecule has 0 heterocycles. The van der Waals surface area contributed by atoms with Gasteiger partial charge in [0.15, 0.2) is 0 Å². The fraction of sp³-hybridized carbons (Fsp3) is 0.684. The Morgan fingerprint density at radius 1 is 1.05 bits per heavy atom. The maximum atomic E-state index is 6.33. The second kappa shape index (κ2) is 4.49. The fourth-order valence-corrected chi connectivity index (χ4v) is 6.77. The lowest BCUT2D eigenvalue weighted by Gasteiger charge is -2.65. The molecule has 5 rings (SSSR count). The summed E-state index contributed by atoms with van der Waals surface area (Å²) in [5.41, 5.74) is 2.75. The topological polar surface area (TPSA) is 12.0 Å². The zero-order valence-electron chi connectivity index (χ0n) is 13.2. The summed E-state index contributed by atoms with van der Waals surface area (Å²) in [4.78, 5) is 0. The minimum absolute atomic E-state index is 0.363. The molecule has 21 heavy (non-hydrogen) atoms. The van der Waals surface area contributed by atoms with Gasteiger partial charge in [-0.2, -0.15) is 0 Å². The maximum absolute atomic E-state index is 6.33. The number of nitrogens with one attached hydrogen (secondary N) is 1. The summed E-state index contributed by atoms with van der Waals surface area (Å²) in [6, 6.07) is 8.25. The van der Waals surface area contributed by atoms with Crippen molar-refractivity contribution in [3.63, 3.8) is 0 Å². The molecular formula is C19H26ClN. The van der Waals surface area contributed by atoms with Crippen LogP contribution in [0.15, 0.2) is 24.3 Å². The Morgan fingerprint density at radius 3 is 2.33 bits per heavy atom. The van der Waals surface area contributed by atoms with Gasteiger partial charge in [-0.15, -0.1) is 0 Å². The first-order valence-electron chi connectivity index (χ1n) is 8.38. The molecule has 1 aromatic rings. The van der Waals surface area contributed by atoms with Crippen LogP contribution in [-0.4, -0.2) is 5.54 Å². The minimum atomic E-state index is 0.363. The second-order valence-electron chi connectivity index (χ2n) is 8.86. The van der Waals surface area contributed by atoms with Crippen LogP contribution in [0.2, 0.25) is 5.02 Å². The zero-order valence-corrected chi connectivity index (χ0v) is 14.0. The van der Waals surface area contributed by atoms with E-state index in [1.165, 1.54) is 44.1 Å². The highest BCUT2D eigenvalue weighted by Gasteiger charge is 2.59. The minimum Gasteiger partial charge on any atom is -0.307 e. The third-order valence-corrected chi connectivity index (χ3v) is 6.61. The van der Waals surface area contributed by atoms with E-state index in [0.717, 1.165) is 17.5 Å². The van der Waals surface area contributed by atoms with Gasteiger partial charge in [0.2, 0.25) is 0 Å². The van der Waals surface area contributed by atoms with Crippen LogP contribution in [0, 0.1) is 16.7 Å². The van der Waals surface area contributed by atoms with Gasteiger partial charge < -0.3 is 5.32 Å². The van der Waals surface area contributed by atoms with E-state index in [9.17, 15) is 0 Å². The average molecular weight is 304 g/mol. The molecule has 0 saturated heterocycles.